The average molecular weight is 361 g/mol. The van der Waals surface area contributed by atoms with Gasteiger partial charge in [-0.1, -0.05) is 12.1 Å². The van der Waals surface area contributed by atoms with Crippen LogP contribution in [0.1, 0.15) is 41.3 Å². The number of piperidine rings is 1. The number of carbonyl (C=O) groups excluding carboxylic acids is 1. The Hall–Kier alpha value is -2.15. The van der Waals surface area contributed by atoms with E-state index in [0.29, 0.717) is 12.5 Å². The van der Waals surface area contributed by atoms with Crippen molar-refractivity contribution in [3.05, 3.63) is 39.8 Å². The van der Waals surface area contributed by atoms with Crippen LogP contribution in [0.15, 0.2) is 24.3 Å². The molecule has 0 saturated carbocycles. The van der Waals surface area contributed by atoms with Crippen LogP contribution in [0.3, 0.4) is 0 Å². The molecule has 0 aliphatic carbocycles. The minimum absolute atomic E-state index is 0.210. The predicted molar refractivity (Wildman–Crippen MR) is 96.3 cm³/mol. The summed E-state index contributed by atoms with van der Waals surface area (Å²) in [6.45, 7) is 3.69. The Balaban J connectivity index is 1.55. The Kier molecular flexibility index (Phi) is 5.86. The quantitative estimate of drug-likeness (QED) is 0.816. The maximum Gasteiger partial charge on any atom is 0.409 e. The maximum atomic E-state index is 11.8. The number of methoxy groups -OCH3 is 1. The topological polar surface area (TPSA) is 64.5 Å². The molecule has 1 aliphatic heterocycles. The van der Waals surface area contributed by atoms with Gasteiger partial charge in [0.15, 0.2) is 0 Å². The Morgan fingerprint density at radius 3 is 2.60 bits per heavy atom. The van der Waals surface area contributed by atoms with Gasteiger partial charge in [-0.15, -0.1) is 21.5 Å². The van der Waals surface area contributed by atoms with Crippen molar-refractivity contribution < 1.29 is 14.3 Å². The van der Waals surface area contributed by atoms with Gasteiger partial charge in [-0.2, -0.15) is 0 Å². The highest BCUT2D eigenvalue weighted by Crippen LogP contribution is 2.31. The molecule has 0 bridgehead atoms. The zero-order valence-corrected chi connectivity index (χ0v) is 15.4. The van der Waals surface area contributed by atoms with E-state index >= 15 is 0 Å². The lowest BCUT2D eigenvalue weighted by Gasteiger charge is -2.29. The molecular weight excluding hydrogens is 338 g/mol. The fourth-order valence-corrected chi connectivity index (χ4v) is 3.99. The number of aromatic nitrogens is 2. The third-order valence-electron chi connectivity index (χ3n) is 4.37. The molecule has 1 aliphatic rings. The lowest BCUT2D eigenvalue weighted by atomic mass is 9.98. The highest BCUT2D eigenvalue weighted by atomic mass is 32.1. The van der Waals surface area contributed by atoms with E-state index in [1.54, 1.807) is 23.3 Å². The van der Waals surface area contributed by atoms with E-state index in [-0.39, 0.29) is 6.09 Å². The van der Waals surface area contributed by atoms with Crippen LogP contribution in [0.4, 0.5) is 4.79 Å². The van der Waals surface area contributed by atoms with Crippen molar-refractivity contribution >= 4 is 17.4 Å². The van der Waals surface area contributed by atoms with Gasteiger partial charge < -0.3 is 14.4 Å². The number of hydrogen-bond donors (Lipinski definition) is 0. The molecule has 7 heteroatoms. The molecule has 0 spiro atoms. The minimum Gasteiger partial charge on any atom is -0.497 e. The van der Waals surface area contributed by atoms with Crippen molar-refractivity contribution in [2.75, 3.05) is 26.8 Å². The largest absolute Gasteiger partial charge is 0.497 e. The first-order valence-corrected chi connectivity index (χ1v) is 9.38. The van der Waals surface area contributed by atoms with Crippen molar-refractivity contribution in [3.63, 3.8) is 0 Å². The smallest absolute Gasteiger partial charge is 0.409 e. The molecule has 0 atom stereocenters. The number of carbonyl (C=O) groups is 1. The van der Waals surface area contributed by atoms with Crippen LogP contribution in [0, 0.1) is 0 Å². The Morgan fingerprint density at radius 2 is 1.96 bits per heavy atom. The number of nitrogens with zero attached hydrogens (tertiary/aromatic N) is 3. The predicted octanol–water partition coefficient (Wildman–Crippen LogP) is 3.47. The zero-order valence-electron chi connectivity index (χ0n) is 14.6. The van der Waals surface area contributed by atoms with Crippen molar-refractivity contribution in [2.24, 2.45) is 0 Å². The van der Waals surface area contributed by atoms with Gasteiger partial charge >= 0.3 is 6.09 Å². The highest BCUT2D eigenvalue weighted by Gasteiger charge is 2.26. The molecule has 0 radical (unpaired) electrons. The first kappa shape index (κ1) is 17.7. The minimum atomic E-state index is -0.210. The number of ether oxygens (including phenoxy) is 2. The van der Waals surface area contributed by atoms with Gasteiger partial charge in [-0.05, 0) is 37.5 Å². The van der Waals surface area contributed by atoms with Gasteiger partial charge in [0.1, 0.15) is 15.8 Å². The number of likely N-dealkylation sites (tertiary alicyclic amines) is 1. The molecule has 1 aromatic heterocycles. The van der Waals surface area contributed by atoms with Gasteiger partial charge in [-0.3, -0.25) is 0 Å². The Labute approximate surface area is 151 Å². The molecule has 2 heterocycles. The van der Waals surface area contributed by atoms with Crippen LogP contribution >= 0.6 is 11.3 Å². The molecule has 134 valence electrons. The third kappa shape index (κ3) is 4.48. The lowest BCUT2D eigenvalue weighted by Crippen LogP contribution is -2.38. The zero-order chi connectivity index (χ0) is 17.6. The number of rotatable bonds is 5. The molecule has 1 aromatic carbocycles. The first-order valence-electron chi connectivity index (χ1n) is 8.56. The second-order valence-electron chi connectivity index (χ2n) is 6.02. The molecule has 2 aromatic rings. The first-order chi connectivity index (χ1) is 12.2. The molecule has 1 fully saturated rings. The summed E-state index contributed by atoms with van der Waals surface area (Å²) < 4.78 is 10.2. The molecule has 1 amide bonds. The van der Waals surface area contributed by atoms with Gasteiger partial charge in [0.05, 0.1) is 13.7 Å². The summed E-state index contributed by atoms with van der Waals surface area (Å²) >= 11 is 1.68. The van der Waals surface area contributed by atoms with Gasteiger partial charge in [0, 0.05) is 25.4 Å². The second kappa shape index (κ2) is 8.29. The van der Waals surface area contributed by atoms with Crippen LogP contribution in [0.25, 0.3) is 0 Å². The van der Waals surface area contributed by atoms with Crippen molar-refractivity contribution in [3.8, 4) is 5.75 Å². The summed E-state index contributed by atoms with van der Waals surface area (Å²) in [6, 6.07) is 8.03. The van der Waals surface area contributed by atoms with Crippen LogP contribution in [0.5, 0.6) is 5.75 Å². The highest BCUT2D eigenvalue weighted by molar-refractivity contribution is 7.11. The maximum absolute atomic E-state index is 11.8. The molecule has 3 rings (SSSR count). The normalized spacial score (nSPS) is 15.2. The summed E-state index contributed by atoms with van der Waals surface area (Å²) in [5.41, 5.74) is 1.20. The summed E-state index contributed by atoms with van der Waals surface area (Å²) in [5, 5.41) is 10.8. The van der Waals surface area contributed by atoms with Crippen LogP contribution in [-0.2, 0) is 11.2 Å². The van der Waals surface area contributed by atoms with Crippen molar-refractivity contribution in [1.29, 1.82) is 0 Å². The van der Waals surface area contributed by atoms with E-state index in [9.17, 15) is 4.79 Å². The summed E-state index contributed by atoms with van der Waals surface area (Å²) in [6.07, 6.45) is 2.40. The van der Waals surface area contributed by atoms with Gasteiger partial charge in [-0.25, -0.2) is 4.79 Å². The number of hydrogen-bond acceptors (Lipinski definition) is 6. The van der Waals surface area contributed by atoms with E-state index in [1.165, 1.54) is 5.56 Å². The van der Waals surface area contributed by atoms with E-state index in [1.807, 2.05) is 19.1 Å². The average Bonchev–Trinajstić information content (AvgIpc) is 3.11. The van der Waals surface area contributed by atoms with E-state index < -0.39 is 0 Å². The van der Waals surface area contributed by atoms with E-state index in [4.69, 9.17) is 9.47 Å². The monoisotopic (exact) mass is 361 g/mol. The third-order valence-corrected chi connectivity index (χ3v) is 5.45. The van der Waals surface area contributed by atoms with Crippen LogP contribution < -0.4 is 4.74 Å². The molecule has 0 unspecified atom stereocenters. The van der Waals surface area contributed by atoms with Crippen LogP contribution in [0.2, 0.25) is 0 Å². The van der Waals surface area contributed by atoms with Crippen LogP contribution in [-0.4, -0.2) is 48.0 Å². The number of benzene rings is 1. The molecule has 1 saturated heterocycles. The number of amides is 1. The Bertz CT molecular complexity index is 694. The molecule has 0 N–H and O–H groups in total. The van der Waals surface area contributed by atoms with Crippen molar-refractivity contribution in [1.82, 2.24) is 15.1 Å². The Morgan fingerprint density at radius 1 is 1.24 bits per heavy atom. The summed E-state index contributed by atoms with van der Waals surface area (Å²) in [5.74, 6) is 1.24. The second-order valence-corrected chi connectivity index (χ2v) is 7.11. The standard InChI is InChI=1S/C18H23N3O3S/c1-3-24-18(22)21-10-8-14(9-11-21)17-20-19-16(25-17)12-13-4-6-15(23-2)7-5-13/h4-7,14H,3,8-12H2,1-2H3. The van der Waals surface area contributed by atoms with Crippen molar-refractivity contribution in [2.45, 2.75) is 32.1 Å². The summed E-state index contributed by atoms with van der Waals surface area (Å²) in [4.78, 5) is 13.5. The fraction of sp³-hybridized carbons (Fsp3) is 0.500. The lowest BCUT2D eigenvalue weighted by molar-refractivity contribution is 0.0970. The van der Waals surface area contributed by atoms with Gasteiger partial charge in [0.2, 0.25) is 0 Å². The SMILES string of the molecule is CCOC(=O)N1CCC(c2nnc(Cc3ccc(OC)cc3)s2)CC1. The fourth-order valence-electron chi connectivity index (χ4n) is 2.94. The molecule has 6 nitrogen and oxygen atoms in total. The molecular formula is C18H23N3O3S. The summed E-state index contributed by atoms with van der Waals surface area (Å²) in [7, 11) is 1.67. The van der Waals surface area contributed by atoms with E-state index in [0.717, 1.165) is 48.1 Å². The van der Waals surface area contributed by atoms with E-state index in [2.05, 4.69) is 22.3 Å². The molecule has 25 heavy (non-hydrogen) atoms. The van der Waals surface area contributed by atoms with Gasteiger partial charge in [0.25, 0.3) is 0 Å².